The number of carbonyl (C=O) groups is 2. The number of hydrogen-bond acceptors (Lipinski definition) is 3. The molecule has 0 bridgehead atoms. The van der Waals surface area contributed by atoms with E-state index in [-0.39, 0.29) is 18.4 Å². The van der Waals surface area contributed by atoms with Crippen molar-refractivity contribution in [2.45, 2.75) is 32.7 Å². The predicted molar refractivity (Wildman–Crippen MR) is 120 cm³/mol. The van der Waals surface area contributed by atoms with Gasteiger partial charge in [0.2, 0.25) is 5.91 Å². The number of nitrogens with one attached hydrogen (secondary N) is 1. The van der Waals surface area contributed by atoms with Gasteiger partial charge in [-0.1, -0.05) is 49.2 Å². The Hall–Kier alpha value is -2.86. The second-order valence-corrected chi connectivity index (χ2v) is 7.66. The number of halogens is 1. The number of fused-ring (bicyclic) bond motifs is 1. The Labute approximate surface area is 181 Å². The van der Waals surface area contributed by atoms with E-state index >= 15 is 0 Å². The van der Waals surface area contributed by atoms with Crippen molar-refractivity contribution in [2.24, 2.45) is 0 Å². The monoisotopic (exact) mass is 426 g/mol. The van der Waals surface area contributed by atoms with Gasteiger partial charge in [-0.05, 0) is 30.7 Å². The van der Waals surface area contributed by atoms with Gasteiger partial charge in [0.15, 0.2) is 0 Å². The van der Waals surface area contributed by atoms with Gasteiger partial charge < -0.3 is 14.8 Å². The van der Waals surface area contributed by atoms with Gasteiger partial charge in [0.25, 0.3) is 5.91 Å². The second-order valence-electron chi connectivity index (χ2n) is 7.26. The highest BCUT2D eigenvalue weighted by molar-refractivity contribution is 6.33. The third kappa shape index (κ3) is 5.19. The quantitative estimate of drug-likeness (QED) is 0.563. The molecule has 158 valence electrons. The van der Waals surface area contributed by atoms with Crippen LogP contribution >= 0.6 is 11.6 Å². The highest BCUT2D eigenvalue weighted by Gasteiger charge is 2.16. The molecule has 7 heteroatoms. The van der Waals surface area contributed by atoms with E-state index in [4.69, 9.17) is 11.6 Å². The molecule has 6 nitrogen and oxygen atoms in total. The minimum atomic E-state index is -0.223. The van der Waals surface area contributed by atoms with Gasteiger partial charge >= 0.3 is 0 Å². The molecular weight excluding hydrogens is 400 g/mol. The molecule has 0 atom stereocenters. The molecule has 0 aliphatic carbocycles. The van der Waals surface area contributed by atoms with Gasteiger partial charge in [-0.15, -0.1) is 0 Å². The first-order valence-corrected chi connectivity index (χ1v) is 10.6. The SMILES string of the molecule is CCCCN(C)C(=O)Cn1c(CCNC(=O)c2ccccc2Cl)nc2ccccc21. The number of rotatable bonds is 9. The number of amides is 2. The molecule has 0 aliphatic rings. The molecular formula is C23H27ClN4O2. The summed E-state index contributed by atoms with van der Waals surface area (Å²) in [5.74, 6) is 0.597. The van der Waals surface area contributed by atoms with Gasteiger partial charge in [0.1, 0.15) is 12.4 Å². The van der Waals surface area contributed by atoms with Crippen molar-refractivity contribution in [3.63, 3.8) is 0 Å². The van der Waals surface area contributed by atoms with Crippen LogP contribution in [0.2, 0.25) is 5.02 Å². The van der Waals surface area contributed by atoms with Crippen molar-refractivity contribution in [3.05, 3.63) is 64.9 Å². The van der Waals surface area contributed by atoms with E-state index in [1.54, 1.807) is 29.2 Å². The van der Waals surface area contributed by atoms with Crippen LogP contribution in [0.3, 0.4) is 0 Å². The number of unbranched alkanes of at least 4 members (excludes halogenated alkanes) is 1. The highest BCUT2D eigenvalue weighted by Crippen LogP contribution is 2.17. The Morgan fingerprint density at radius 3 is 2.63 bits per heavy atom. The maximum Gasteiger partial charge on any atom is 0.252 e. The molecule has 2 aromatic carbocycles. The van der Waals surface area contributed by atoms with Gasteiger partial charge in [-0.3, -0.25) is 9.59 Å². The van der Waals surface area contributed by atoms with Crippen LogP contribution in [0.1, 0.15) is 35.9 Å². The number of para-hydroxylation sites is 2. The van der Waals surface area contributed by atoms with E-state index < -0.39 is 0 Å². The zero-order valence-corrected chi connectivity index (χ0v) is 18.2. The summed E-state index contributed by atoms with van der Waals surface area (Å²) in [5, 5.41) is 3.31. The van der Waals surface area contributed by atoms with Crippen molar-refractivity contribution in [1.29, 1.82) is 0 Å². The molecule has 0 unspecified atom stereocenters. The average Bonchev–Trinajstić information content (AvgIpc) is 3.09. The molecule has 0 fully saturated rings. The lowest BCUT2D eigenvalue weighted by atomic mass is 10.2. The van der Waals surface area contributed by atoms with Crippen LogP contribution in [0, 0.1) is 0 Å². The van der Waals surface area contributed by atoms with Crippen molar-refractivity contribution in [3.8, 4) is 0 Å². The number of imidazole rings is 1. The number of nitrogens with zero attached hydrogens (tertiary/aromatic N) is 3. The Morgan fingerprint density at radius 1 is 1.13 bits per heavy atom. The number of carbonyl (C=O) groups excluding carboxylic acids is 2. The molecule has 3 aromatic rings. The Kier molecular flexibility index (Phi) is 7.46. The van der Waals surface area contributed by atoms with E-state index in [1.807, 2.05) is 35.9 Å². The minimum absolute atomic E-state index is 0.0490. The molecule has 0 aliphatic heterocycles. The van der Waals surface area contributed by atoms with Gasteiger partial charge in [-0.2, -0.15) is 0 Å². The molecule has 30 heavy (non-hydrogen) atoms. The lowest BCUT2D eigenvalue weighted by Crippen LogP contribution is -2.32. The molecule has 1 N–H and O–H groups in total. The van der Waals surface area contributed by atoms with Crippen LogP contribution < -0.4 is 5.32 Å². The summed E-state index contributed by atoms with van der Waals surface area (Å²) in [6.07, 6.45) is 2.53. The maximum atomic E-state index is 12.7. The molecule has 3 rings (SSSR count). The van der Waals surface area contributed by atoms with Crippen molar-refractivity contribution in [1.82, 2.24) is 19.8 Å². The molecule has 1 aromatic heterocycles. The third-order valence-corrected chi connectivity index (χ3v) is 5.38. The van der Waals surface area contributed by atoms with E-state index in [0.717, 1.165) is 36.2 Å². The Bertz CT molecular complexity index is 1030. The standard InChI is InChI=1S/C23H27ClN4O2/c1-3-4-15-27(2)22(29)16-28-20-12-8-7-11-19(20)26-21(28)13-14-25-23(30)17-9-5-6-10-18(17)24/h5-12H,3-4,13-16H2,1-2H3,(H,25,30). The maximum absolute atomic E-state index is 12.7. The predicted octanol–water partition coefficient (Wildman–Crippen LogP) is 3.92. The summed E-state index contributed by atoms with van der Waals surface area (Å²) in [5.41, 5.74) is 2.21. The van der Waals surface area contributed by atoms with Crippen LogP contribution in [-0.4, -0.2) is 46.4 Å². The second kappa shape index (κ2) is 10.3. The summed E-state index contributed by atoms with van der Waals surface area (Å²) in [4.78, 5) is 31.6. The molecule has 0 spiro atoms. The van der Waals surface area contributed by atoms with Gasteiger partial charge in [0.05, 0.1) is 21.6 Å². The van der Waals surface area contributed by atoms with Crippen molar-refractivity contribution < 1.29 is 9.59 Å². The Balaban J connectivity index is 1.72. The molecule has 0 saturated heterocycles. The van der Waals surface area contributed by atoms with Crippen LogP contribution in [0.4, 0.5) is 0 Å². The van der Waals surface area contributed by atoms with Crippen molar-refractivity contribution in [2.75, 3.05) is 20.1 Å². The van der Waals surface area contributed by atoms with E-state index in [9.17, 15) is 9.59 Å². The number of hydrogen-bond donors (Lipinski definition) is 1. The lowest BCUT2D eigenvalue weighted by Gasteiger charge is -2.18. The highest BCUT2D eigenvalue weighted by atomic mass is 35.5. The zero-order valence-electron chi connectivity index (χ0n) is 17.4. The smallest absolute Gasteiger partial charge is 0.252 e. The van der Waals surface area contributed by atoms with Crippen LogP contribution in [0.5, 0.6) is 0 Å². The Morgan fingerprint density at radius 2 is 1.87 bits per heavy atom. The summed E-state index contributed by atoms with van der Waals surface area (Å²) >= 11 is 6.10. The first-order valence-electron chi connectivity index (χ1n) is 10.2. The van der Waals surface area contributed by atoms with Crippen molar-refractivity contribution >= 4 is 34.4 Å². The number of aromatic nitrogens is 2. The summed E-state index contributed by atoms with van der Waals surface area (Å²) in [6.45, 7) is 3.48. The van der Waals surface area contributed by atoms with Crippen LogP contribution in [0.15, 0.2) is 48.5 Å². The van der Waals surface area contributed by atoms with Gasteiger partial charge in [-0.25, -0.2) is 4.98 Å². The van der Waals surface area contributed by atoms with Crippen LogP contribution in [-0.2, 0) is 17.8 Å². The summed E-state index contributed by atoms with van der Waals surface area (Å²) in [7, 11) is 1.83. The fourth-order valence-corrected chi connectivity index (χ4v) is 3.52. The minimum Gasteiger partial charge on any atom is -0.352 e. The van der Waals surface area contributed by atoms with Crippen LogP contribution in [0.25, 0.3) is 11.0 Å². The topological polar surface area (TPSA) is 67.2 Å². The summed E-state index contributed by atoms with van der Waals surface area (Å²) < 4.78 is 1.95. The molecule has 1 heterocycles. The fraction of sp³-hybridized carbons (Fsp3) is 0.348. The first kappa shape index (κ1) is 21.8. The van der Waals surface area contributed by atoms with E-state index in [1.165, 1.54) is 0 Å². The molecule has 0 saturated carbocycles. The lowest BCUT2D eigenvalue weighted by molar-refractivity contribution is -0.130. The normalized spacial score (nSPS) is 10.9. The first-order chi connectivity index (χ1) is 14.5. The number of benzene rings is 2. The number of likely N-dealkylation sites (N-methyl/N-ethyl adjacent to an activating group) is 1. The average molecular weight is 427 g/mol. The molecule has 2 amide bonds. The molecule has 0 radical (unpaired) electrons. The summed E-state index contributed by atoms with van der Waals surface area (Å²) in [6, 6.07) is 14.7. The van der Waals surface area contributed by atoms with Gasteiger partial charge in [0, 0.05) is 26.6 Å². The van der Waals surface area contributed by atoms with E-state index in [0.29, 0.717) is 23.6 Å². The fourth-order valence-electron chi connectivity index (χ4n) is 3.30. The largest absolute Gasteiger partial charge is 0.352 e. The van der Waals surface area contributed by atoms with E-state index in [2.05, 4.69) is 17.2 Å². The zero-order chi connectivity index (χ0) is 21.5. The third-order valence-electron chi connectivity index (χ3n) is 5.05.